The molecule has 0 amide bonds. The van der Waals surface area contributed by atoms with E-state index in [1.165, 1.54) is 38.4 Å². The third-order valence-electron chi connectivity index (χ3n) is 3.68. The summed E-state index contributed by atoms with van der Waals surface area (Å²) in [5, 5.41) is 12.1. The standard InChI is InChI=1S/C18H15ClN2O5S2/c1-21(2)28(24,25)13-7-8-15-14(10-13)20-18(26-15)27-16(17(22)23)9-11-3-5-12(19)6-4-11/h3-10H,1-2H3,(H,22,23)/p-1/b16-9+. The van der Waals surface area contributed by atoms with Crippen molar-refractivity contribution in [2.45, 2.75) is 10.1 Å². The second kappa shape index (κ2) is 7.96. The first-order chi connectivity index (χ1) is 13.2. The lowest BCUT2D eigenvalue weighted by Crippen LogP contribution is -2.23. The van der Waals surface area contributed by atoms with Crippen LogP contribution in [0.5, 0.6) is 0 Å². The number of nitrogens with zero attached hydrogens (tertiary/aromatic N) is 2. The minimum atomic E-state index is -3.62. The Bertz CT molecular complexity index is 1170. The predicted octanol–water partition coefficient (Wildman–Crippen LogP) is 2.61. The second-order valence-electron chi connectivity index (χ2n) is 5.85. The third kappa shape index (κ3) is 4.39. The number of carboxylic acids is 1. The summed E-state index contributed by atoms with van der Waals surface area (Å²) in [7, 11) is -0.765. The smallest absolute Gasteiger partial charge is 0.261 e. The van der Waals surface area contributed by atoms with E-state index in [4.69, 9.17) is 16.0 Å². The van der Waals surface area contributed by atoms with Crippen LogP contribution in [0.3, 0.4) is 0 Å². The first kappa shape index (κ1) is 20.4. The number of thioether (sulfide) groups is 1. The molecule has 0 bridgehead atoms. The predicted molar refractivity (Wildman–Crippen MR) is 105 cm³/mol. The summed E-state index contributed by atoms with van der Waals surface area (Å²) in [6, 6.07) is 10.9. The van der Waals surface area contributed by atoms with Crippen molar-refractivity contribution in [1.29, 1.82) is 0 Å². The molecule has 0 saturated carbocycles. The maximum absolute atomic E-state index is 12.2. The molecule has 0 unspecified atom stereocenters. The number of rotatable bonds is 6. The van der Waals surface area contributed by atoms with Gasteiger partial charge < -0.3 is 14.3 Å². The van der Waals surface area contributed by atoms with Crippen LogP contribution in [0.2, 0.25) is 5.02 Å². The third-order valence-corrected chi connectivity index (χ3v) is 6.60. The lowest BCUT2D eigenvalue weighted by atomic mass is 10.2. The molecule has 1 aromatic heterocycles. The summed E-state index contributed by atoms with van der Waals surface area (Å²) in [5.41, 5.74) is 1.26. The van der Waals surface area contributed by atoms with Crippen molar-refractivity contribution in [3.63, 3.8) is 0 Å². The van der Waals surface area contributed by atoms with Crippen molar-refractivity contribution in [2.24, 2.45) is 0 Å². The lowest BCUT2D eigenvalue weighted by Gasteiger charge is -2.10. The Labute approximate surface area is 170 Å². The van der Waals surface area contributed by atoms with Gasteiger partial charge in [0.25, 0.3) is 5.22 Å². The van der Waals surface area contributed by atoms with Crippen molar-refractivity contribution in [1.82, 2.24) is 9.29 Å². The number of sulfonamides is 1. The molecule has 0 N–H and O–H groups in total. The van der Waals surface area contributed by atoms with Gasteiger partial charge in [0.15, 0.2) is 5.58 Å². The zero-order valence-electron chi connectivity index (χ0n) is 14.7. The molecule has 10 heteroatoms. The van der Waals surface area contributed by atoms with Crippen molar-refractivity contribution in [3.8, 4) is 0 Å². The molecule has 146 valence electrons. The molecule has 0 atom stereocenters. The number of oxazole rings is 1. The molecule has 7 nitrogen and oxygen atoms in total. The molecule has 28 heavy (non-hydrogen) atoms. The van der Waals surface area contributed by atoms with Gasteiger partial charge in [-0.25, -0.2) is 17.7 Å². The monoisotopic (exact) mass is 437 g/mol. The molecule has 3 aromatic rings. The van der Waals surface area contributed by atoms with Gasteiger partial charge in [-0.3, -0.25) is 0 Å². The van der Waals surface area contributed by atoms with E-state index in [0.717, 1.165) is 16.1 Å². The van der Waals surface area contributed by atoms with Crippen LogP contribution < -0.4 is 5.11 Å². The van der Waals surface area contributed by atoms with Gasteiger partial charge >= 0.3 is 0 Å². The van der Waals surface area contributed by atoms with E-state index in [9.17, 15) is 18.3 Å². The van der Waals surface area contributed by atoms with Crippen LogP contribution in [-0.2, 0) is 14.8 Å². The van der Waals surface area contributed by atoms with Gasteiger partial charge in [-0.05, 0) is 53.7 Å². The van der Waals surface area contributed by atoms with E-state index in [-0.39, 0.29) is 15.0 Å². The van der Waals surface area contributed by atoms with Crippen LogP contribution in [0.15, 0.2) is 61.9 Å². The minimum absolute atomic E-state index is 0.0545. The SMILES string of the molecule is CN(C)S(=O)(=O)c1ccc2oc(S/C(=C/c3ccc(Cl)cc3)C(=O)[O-])nc2c1. The number of hydrogen-bond donors (Lipinski definition) is 0. The van der Waals surface area contributed by atoms with Crippen molar-refractivity contribution in [3.05, 3.63) is 58.0 Å². The highest BCUT2D eigenvalue weighted by molar-refractivity contribution is 8.03. The Morgan fingerprint density at radius 1 is 1.21 bits per heavy atom. The Kier molecular flexibility index (Phi) is 5.80. The van der Waals surface area contributed by atoms with Gasteiger partial charge in [-0.1, -0.05) is 23.7 Å². The normalized spacial score (nSPS) is 12.6. The highest BCUT2D eigenvalue weighted by Gasteiger charge is 2.19. The summed E-state index contributed by atoms with van der Waals surface area (Å²) < 4.78 is 31.1. The molecule has 1 heterocycles. The minimum Gasteiger partial charge on any atom is -0.544 e. The number of carbonyl (C=O) groups is 1. The second-order valence-corrected chi connectivity index (χ2v) is 9.43. The Morgan fingerprint density at radius 3 is 2.50 bits per heavy atom. The average molecular weight is 438 g/mol. The number of benzene rings is 2. The molecule has 0 radical (unpaired) electrons. The number of hydrogen-bond acceptors (Lipinski definition) is 7. The van der Waals surface area contributed by atoms with E-state index < -0.39 is 16.0 Å². The molecule has 0 aliphatic heterocycles. The summed E-state index contributed by atoms with van der Waals surface area (Å²) in [4.78, 5) is 15.6. The van der Waals surface area contributed by atoms with E-state index in [0.29, 0.717) is 21.7 Å². The highest BCUT2D eigenvalue weighted by Crippen LogP contribution is 2.31. The zero-order chi connectivity index (χ0) is 20.5. The van der Waals surface area contributed by atoms with Gasteiger partial charge in [0.2, 0.25) is 10.0 Å². The summed E-state index contributed by atoms with van der Waals surface area (Å²) in [6.07, 6.45) is 1.41. The first-order valence-electron chi connectivity index (χ1n) is 7.86. The lowest BCUT2D eigenvalue weighted by molar-refractivity contribution is -0.298. The number of aliphatic carboxylic acids is 1. The van der Waals surface area contributed by atoms with Crippen LogP contribution >= 0.6 is 23.4 Å². The summed E-state index contributed by atoms with van der Waals surface area (Å²) in [5.74, 6) is -1.39. The van der Waals surface area contributed by atoms with E-state index in [1.54, 1.807) is 24.3 Å². The van der Waals surface area contributed by atoms with Crippen LogP contribution in [0.4, 0.5) is 0 Å². The summed E-state index contributed by atoms with van der Waals surface area (Å²) >= 11 is 6.59. The maximum atomic E-state index is 12.2. The summed E-state index contributed by atoms with van der Waals surface area (Å²) in [6.45, 7) is 0. The Hall–Kier alpha value is -2.33. The molecular weight excluding hydrogens is 424 g/mol. The first-order valence-corrected chi connectivity index (χ1v) is 10.5. The molecule has 0 fully saturated rings. The topological polar surface area (TPSA) is 104 Å². The molecule has 3 rings (SSSR count). The van der Waals surface area contributed by atoms with Crippen molar-refractivity contribution in [2.75, 3.05) is 14.1 Å². The molecule has 0 aliphatic carbocycles. The van der Waals surface area contributed by atoms with E-state index in [1.807, 2.05) is 0 Å². The molecular formula is C18H14ClN2O5S2-. The molecule has 0 aliphatic rings. The van der Waals surface area contributed by atoms with Crippen molar-refractivity contribution >= 4 is 56.5 Å². The number of fused-ring (bicyclic) bond motifs is 1. The molecule has 0 saturated heterocycles. The Morgan fingerprint density at radius 2 is 1.89 bits per heavy atom. The van der Waals surface area contributed by atoms with Crippen LogP contribution in [-0.4, -0.2) is 37.8 Å². The van der Waals surface area contributed by atoms with Crippen LogP contribution in [0.1, 0.15) is 5.56 Å². The van der Waals surface area contributed by atoms with Crippen molar-refractivity contribution < 1.29 is 22.7 Å². The van der Waals surface area contributed by atoms with Gasteiger partial charge in [0.05, 0.1) is 10.9 Å². The number of halogens is 1. The van der Waals surface area contributed by atoms with E-state index in [2.05, 4.69) is 4.98 Å². The van der Waals surface area contributed by atoms with Crippen LogP contribution in [0.25, 0.3) is 17.2 Å². The fraction of sp³-hybridized carbons (Fsp3) is 0.111. The number of carbonyl (C=O) groups excluding carboxylic acids is 1. The van der Waals surface area contributed by atoms with E-state index >= 15 is 0 Å². The van der Waals surface area contributed by atoms with Gasteiger partial charge in [0.1, 0.15) is 5.52 Å². The average Bonchev–Trinajstić information content (AvgIpc) is 3.04. The molecule has 0 spiro atoms. The largest absolute Gasteiger partial charge is 0.544 e. The van der Waals surface area contributed by atoms with Gasteiger partial charge in [-0.2, -0.15) is 0 Å². The van der Waals surface area contributed by atoms with Gasteiger partial charge in [0, 0.05) is 24.0 Å². The highest BCUT2D eigenvalue weighted by atomic mass is 35.5. The fourth-order valence-corrected chi connectivity index (χ4v) is 4.03. The number of carboxylic acid groups (broad SMARTS) is 1. The van der Waals surface area contributed by atoms with Gasteiger partial charge in [-0.15, -0.1) is 0 Å². The quantitative estimate of drug-likeness (QED) is 0.431. The fourth-order valence-electron chi connectivity index (χ4n) is 2.24. The number of aromatic nitrogens is 1. The van der Waals surface area contributed by atoms with Crippen LogP contribution in [0, 0.1) is 0 Å². The molecule has 2 aromatic carbocycles. The Balaban J connectivity index is 1.94. The maximum Gasteiger partial charge on any atom is 0.261 e. The zero-order valence-corrected chi connectivity index (χ0v) is 17.1.